The van der Waals surface area contributed by atoms with E-state index in [2.05, 4.69) is 34.6 Å². The van der Waals surface area contributed by atoms with Crippen molar-refractivity contribution in [1.29, 1.82) is 0 Å². The molecule has 8 heteroatoms. The van der Waals surface area contributed by atoms with Crippen LogP contribution in [0.2, 0.25) is 19.6 Å². The summed E-state index contributed by atoms with van der Waals surface area (Å²) in [6.07, 6.45) is 8.90. The first kappa shape index (κ1) is 25.4. The molecule has 5 aromatic rings. The van der Waals surface area contributed by atoms with Gasteiger partial charge in [-0.05, 0) is 6.07 Å². The molecule has 0 saturated carbocycles. The Balaban J connectivity index is 1.50. The lowest BCUT2D eigenvalue weighted by atomic mass is 10.0. The Kier molecular flexibility index (Phi) is 7.35. The summed E-state index contributed by atoms with van der Waals surface area (Å²) in [5.74, 6) is -0.167. The number of fused-ring (bicyclic) bond motifs is 1. The van der Waals surface area contributed by atoms with Crippen molar-refractivity contribution in [2.24, 2.45) is 4.99 Å². The number of rotatable bonds is 9. The van der Waals surface area contributed by atoms with Gasteiger partial charge in [-0.15, -0.1) is 0 Å². The minimum Gasteiger partial charge on any atom is -0.364 e. The molecule has 0 amide bonds. The van der Waals surface area contributed by atoms with E-state index in [1.807, 2.05) is 65.2 Å². The van der Waals surface area contributed by atoms with Crippen LogP contribution < -0.4 is 0 Å². The Bertz CT molecular complexity index is 1550. The SMILES string of the molecule is C[Si](C)(C)COCn1cc(C(=O)c2cncc(N=C(c3ccccc3)c3ccccc3)c2)c2cncnc21. The second-order valence-electron chi connectivity index (χ2n) is 10.3. The molecule has 0 radical (unpaired) electrons. The quantitative estimate of drug-likeness (QED) is 0.134. The van der Waals surface area contributed by atoms with E-state index >= 15 is 0 Å². The molecular formula is C30H29N5O2Si. The van der Waals surface area contributed by atoms with Gasteiger partial charge in [0.05, 0.1) is 31.2 Å². The lowest BCUT2D eigenvalue weighted by Crippen LogP contribution is -2.28. The van der Waals surface area contributed by atoms with E-state index < -0.39 is 8.07 Å². The van der Waals surface area contributed by atoms with Gasteiger partial charge in [-0.1, -0.05) is 80.3 Å². The fraction of sp³-hybridized carbons (Fsp3) is 0.167. The summed E-state index contributed by atoms with van der Waals surface area (Å²) in [7, 11) is -1.37. The number of nitrogens with zero attached hydrogens (tertiary/aromatic N) is 5. The third kappa shape index (κ3) is 5.82. The number of aromatic nitrogens is 4. The van der Waals surface area contributed by atoms with Crippen LogP contribution in [0.3, 0.4) is 0 Å². The van der Waals surface area contributed by atoms with Crippen LogP contribution in [0.5, 0.6) is 0 Å². The lowest BCUT2D eigenvalue weighted by Gasteiger charge is -2.16. The van der Waals surface area contributed by atoms with Crippen LogP contribution in [-0.2, 0) is 11.5 Å². The van der Waals surface area contributed by atoms with Crippen LogP contribution in [0.15, 0.2) is 103 Å². The van der Waals surface area contributed by atoms with Gasteiger partial charge < -0.3 is 9.30 Å². The van der Waals surface area contributed by atoms with Gasteiger partial charge in [0.2, 0.25) is 0 Å². The van der Waals surface area contributed by atoms with Crippen molar-refractivity contribution in [3.8, 4) is 0 Å². The van der Waals surface area contributed by atoms with Crippen molar-refractivity contribution in [3.63, 3.8) is 0 Å². The van der Waals surface area contributed by atoms with Crippen LogP contribution in [0.25, 0.3) is 11.0 Å². The lowest BCUT2D eigenvalue weighted by molar-refractivity contribution is 0.103. The second kappa shape index (κ2) is 11.0. The van der Waals surface area contributed by atoms with Gasteiger partial charge in [-0.3, -0.25) is 9.78 Å². The van der Waals surface area contributed by atoms with Crippen LogP contribution in [0.4, 0.5) is 5.69 Å². The zero-order valence-electron chi connectivity index (χ0n) is 21.7. The maximum Gasteiger partial charge on any atom is 0.196 e. The summed E-state index contributed by atoms with van der Waals surface area (Å²) < 4.78 is 7.82. The van der Waals surface area contributed by atoms with Gasteiger partial charge in [0.1, 0.15) is 18.7 Å². The molecule has 0 spiro atoms. The molecule has 0 bridgehead atoms. The standard InChI is InChI=1S/C30H29N5O2Si/c1-38(2,3)21-37-20-35-18-27(26-17-32-19-33-30(26)35)29(36)24-14-25(16-31-15-24)34-28(22-10-6-4-7-11-22)23-12-8-5-9-13-23/h4-19H,20-21H2,1-3H3. The van der Waals surface area contributed by atoms with Crippen molar-refractivity contribution in [2.75, 3.05) is 6.23 Å². The number of aliphatic imine (C=N–C) groups is 1. The summed E-state index contributed by atoms with van der Waals surface area (Å²) in [6, 6.07) is 21.7. The fourth-order valence-corrected chi connectivity index (χ4v) is 4.85. The van der Waals surface area contributed by atoms with E-state index in [1.165, 1.54) is 6.33 Å². The van der Waals surface area contributed by atoms with Crippen molar-refractivity contribution in [3.05, 3.63) is 120 Å². The highest BCUT2D eigenvalue weighted by molar-refractivity contribution is 6.76. The summed E-state index contributed by atoms with van der Waals surface area (Å²) >= 11 is 0. The Morgan fingerprint density at radius 2 is 1.58 bits per heavy atom. The highest BCUT2D eigenvalue weighted by Crippen LogP contribution is 2.24. The third-order valence-corrected chi connectivity index (χ3v) is 6.94. The highest BCUT2D eigenvalue weighted by atomic mass is 28.3. The van der Waals surface area contributed by atoms with Crippen molar-refractivity contribution in [1.82, 2.24) is 19.5 Å². The number of ketones is 1. The predicted octanol–water partition coefficient (Wildman–Crippen LogP) is 6.08. The Morgan fingerprint density at radius 1 is 0.895 bits per heavy atom. The van der Waals surface area contributed by atoms with E-state index in [4.69, 9.17) is 9.73 Å². The molecule has 0 fully saturated rings. The zero-order valence-corrected chi connectivity index (χ0v) is 22.7. The maximum absolute atomic E-state index is 13.7. The normalized spacial score (nSPS) is 11.4. The molecule has 0 aliphatic carbocycles. The average Bonchev–Trinajstić information content (AvgIpc) is 3.30. The smallest absolute Gasteiger partial charge is 0.196 e. The number of ether oxygens (including phenoxy) is 1. The summed E-state index contributed by atoms with van der Waals surface area (Å²) in [4.78, 5) is 31.5. The number of carbonyl (C=O) groups is 1. The molecule has 0 N–H and O–H groups in total. The molecule has 0 aliphatic rings. The molecule has 38 heavy (non-hydrogen) atoms. The molecule has 7 nitrogen and oxygen atoms in total. The number of carbonyl (C=O) groups excluding carboxylic acids is 1. The monoisotopic (exact) mass is 519 g/mol. The molecule has 5 rings (SSSR count). The fourth-order valence-electron chi connectivity index (χ4n) is 4.14. The summed E-state index contributed by atoms with van der Waals surface area (Å²) in [5.41, 5.74) is 4.97. The minimum atomic E-state index is -1.37. The Labute approximate surface area is 222 Å². The van der Waals surface area contributed by atoms with Crippen LogP contribution in [0, 0.1) is 0 Å². The summed E-state index contributed by atoms with van der Waals surface area (Å²) in [6.45, 7) is 7.08. The largest absolute Gasteiger partial charge is 0.364 e. The van der Waals surface area contributed by atoms with E-state index in [-0.39, 0.29) is 5.78 Å². The minimum absolute atomic E-state index is 0.167. The summed E-state index contributed by atoms with van der Waals surface area (Å²) in [5, 5.41) is 0.678. The molecule has 2 aromatic carbocycles. The average molecular weight is 520 g/mol. The van der Waals surface area contributed by atoms with E-state index in [0.29, 0.717) is 34.6 Å². The number of hydrogen-bond acceptors (Lipinski definition) is 6. The molecule has 0 saturated heterocycles. The molecule has 3 aromatic heterocycles. The third-order valence-electron chi connectivity index (χ3n) is 5.87. The molecular weight excluding hydrogens is 490 g/mol. The van der Waals surface area contributed by atoms with Crippen molar-refractivity contribution < 1.29 is 9.53 Å². The predicted molar refractivity (Wildman–Crippen MR) is 153 cm³/mol. The second-order valence-corrected chi connectivity index (χ2v) is 15.7. The first-order valence-electron chi connectivity index (χ1n) is 12.4. The molecule has 190 valence electrons. The van der Waals surface area contributed by atoms with Crippen molar-refractivity contribution >= 4 is 36.3 Å². The van der Waals surface area contributed by atoms with E-state index in [9.17, 15) is 4.79 Å². The topological polar surface area (TPSA) is 82.3 Å². The van der Waals surface area contributed by atoms with Crippen molar-refractivity contribution in [2.45, 2.75) is 26.4 Å². The first-order valence-corrected chi connectivity index (χ1v) is 16.2. The highest BCUT2D eigenvalue weighted by Gasteiger charge is 2.20. The van der Waals surface area contributed by atoms with Gasteiger partial charge in [-0.2, -0.15) is 0 Å². The first-order chi connectivity index (χ1) is 18.4. The zero-order chi connectivity index (χ0) is 26.5. The van der Waals surface area contributed by atoms with E-state index in [1.54, 1.807) is 30.9 Å². The number of pyridine rings is 1. The van der Waals surface area contributed by atoms with Gasteiger partial charge >= 0.3 is 0 Å². The molecule has 0 unspecified atom stereocenters. The maximum atomic E-state index is 13.7. The molecule has 3 heterocycles. The Morgan fingerprint density at radius 3 is 2.24 bits per heavy atom. The van der Waals surface area contributed by atoms with Gasteiger partial charge in [0.15, 0.2) is 5.78 Å². The molecule has 0 atom stereocenters. The number of benzene rings is 2. The van der Waals surface area contributed by atoms with Crippen LogP contribution in [0.1, 0.15) is 27.0 Å². The van der Waals surface area contributed by atoms with Crippen LogP contribution >= 0.6 is 0 Å². The number of hydrogen-bond donors (Lipinski definition) is 0. The van der Waals surface area contributed by atoms with Gasteiger partial charge in [0, 0.05) is 46.9 Å². The molecule has 0 aliphatic heterocycles. The van der Waals surface area contributed by atoms with Gasteiger partial charge in [0.25, 0.3) is 0 Å². The van der Waals surface area contributed by atoms with E-state index in [0.717, 1.165) is 23.1 Å². The van der Waals surface area contributed by atoms with Gasteiger partial charge in [-0.25, -0.2) is 15.0 Å². The Hall–Kier alpha value is -4.27. The van der Waals surface area contributed by atoms with Crippen LogP contribution in [-0.4, -0.2) is 45.3 Å².